The third-order valence-electron chi connectivity index (χ3n) is 4.78. The molecule has 0 unspecified atom stereocenters. The van der Waals surface area contributed by atoms with Gasteiger partial charge >= 0.3 is 0 Å². The maximum atomic E-state index is 13.5. The number of hydrogen-bond acceptors (Lipinski definition) is 5. The molecule has 0 atom stereocenters. The first kappa shape index (κ1) is 20.3. The van der Waals surface area contributed by atoms with Crippen molar-refractivity contribution in [3.8, 4) is 0 Å². The fourth-order valence-electron chi connectivity index (χ4n) is 3.20. The van der Waals surface area contributed by atoms with Crippen LogP contribution >= 0.6 is 11.3 Å². The number of aromatic nitrogens is 1. The van der Waals surface area contributed by atoms with Crippen LogP contribution in [0.25, 0.3) is 10.2 Å². The highest BCUT2D eigenvalue weighted by Crippen LogP contribution is 2.32. The van der Waals surface area contributed by atoms with Crippen LogP contribution in [0.1, 0.15) is 21.5 Å². The molecule has 4 aromatic rings. The Bertz CT molecular complexity index is 1330. The van der Waals surface area contributed by atoms with Gasteiger partial charge in [0, 0.05) is 11.8 Å². The zero-order valence-electron chi connectivity index (χ0n) is 16.6. The molecule has 0 N–H and O–H groups in total. The molecule has 0 radical (unpaired) electrons. The van der Waals surface area contributed by atoms with E-state index in [9.17, 15) is 13.2 Å². The number of rotatable bonds is 5. The Morgan fingerprint density at radius 1 is 1.00 bits per heavy atom. The van der Waals surface area contributed by atoms with Gasteiger partial charge in [0.15, 0.2) is 15.0 Å². The Hall–Kier alpha value is -3.03. The van der Waals surface area contributed by atoms with Gasteiger partial charge in [0.1, 0.15) is 0 Å². The Kier molecular flexibility index (Phi) is 5.40. The van der Waals surface area contributed by atoms with Gasteiger partial charge in [-0.15, -0.1) is 0 Å². The molecule has 1 aromatic heterocycles. The molecule has 3 aromatic carbocycles. The van der Waals surface area contributed by atoms with Crippen LogP contribution in [-0.2, 0) is 16.4 Å². The second-order valence-electron chi connectivity index (χ2n) is 7.09. The van der Waals surface area contributed by atoms with Crippen LogP contribution in [0.5, 0.6) is 0 Å². The van der Waals surface area contributed by atoms with E-state index in [1.807, 2.05) is 55.5 Å². The molecule has 30 heavy (non-hydrogen) atoms. The highest BCUT2D eigenvalue weighted by Gasteiger charge is 2.23. The topological polar surface area (TPSA) is 67.3 Å². The largest absolute Gasteiger partial charge is 0.279 e. The summed E-state index contributed by atoms with van der Waals surface area (Å²) in [6.45, 7) is 2.33. The van der Waals surface area contributed by atoms with Crippen LogP contribution in [0.3, 0.4) is 0 Å². The van der Waals surface area contributed by atoms with Crippen molar-refractivity contribution in [2.75, 3.05) is 11.2 Å². The van der Waals surface area contributed by atoms with E-state index in [1.165, 1.54) is 23.5 Å². The summed E-state index contributed by atoms with van der Waals surface area (Å²) in [7, 11) is -3.42. The lowest BCUT2D eigenvalue weighted by Crippen LogP contribution is -2.30. The lowest BCUT2D eigenvalue weighted by atomic mass is 10.1. The van der Waals surface area contributed by atoms with Gasteiger partial charge in [0.2, 0.25) is 0 Å². The van der Waals surface area contributed by atoms with E-state index >= 15 is 0 Å². The Morgan fingerprint density at radius 2 is 1.73 bits per heavy atom. The number of nitrogens with zero attached hydrogens (tertiary/aromatic N) is 2. The highest BCUT2D eigenvalue weighted by atomic mass is 32.2. The normalized spacial score (nSPS) is 11.5. The van der Waals surface area contributed by atoms with Crippen molar-refractivity contribution in [1.29, 1.82) is 0 Å². The number of amides is 1. The van der Waals surface area contributed by atoms with Crippen LogP contribution in [0.15, 0.2) is 77.7 Å². The van der Waals surface area contributed by atoms with Crippen molar-refractivity contribution in [1.82, 2.24) is 4.98 Å². The summed E-state index contributed by atoms with van der Waals surface area (Å²) in [5.41, 5.74) is 3.18. The van der Waals surface area contributed by atoms with Crippen molar-refractivity contribution < 1.29 is 13.2 Å². The van der Waals surface area contributed by atoms with Crippen molar-refractivity contribution in [2.45, 2.75) is 18.4 Å². The summed E-state index contributed by atoms with van der Waals surface area (Å²) in [6.07, 6.45) is 1.13. The van der Waals surface area contributed by atoms with Crippen molar-refractivity contribution in [3.63, 3.8) is 0 Å². The molecule has 1 heterocycles. The van der Waals surface area contributed by atoms with Gasteiger partial charge in [0.05, 0.1) is 21.7 Å². The molecule has 0 aliphatic rings. The van der Waals surface area contributed by atoms with E-state index in [2.05, 4.69) is 0 Å². The smallest absolute Gasteiger partial charge is 0.260 e. The van der Waals surface area contributed by atoms with Crippen LogP contribution in [0.2, 0.25) is 0 Å². The number of para-hydroxylation sites is 1. The van der Waals surface area contributed by atoms with Crippen molar-refractivity contribution >= 4 is 42.4 Å². The van der Waals surface area contributed by atoms with Gasteiger partial charge in [-0.25, -0.2) is 13.4 Å². The maximum absolute atomic E-state index is 13.5. The Labute approximate surface area is 179 Å². The van der Waals surface area contributed by atoms with Gasteiger partial charge in [-0.1, -0.05) is 59.9 Å². The molecule has 0 saturated heterocycles. The number of carbonyl (C=O) groups excluding carboxylic acids is 1. The lowest BCUT2D eigenvalue weighted by molar-refractivity contribution is 0.0985. The van der Waals surface area contributed by atoms with Crippen molar-refractivity contribution in [2.24, 2.45) is 0 Å². The van der Waals surface area contributed by atoms with Crippen molar-refractivity contribution in [3.05, 3.63) is 89.5 Å². The lowest BCUT2D eigenvalue weighted by Gasteiger charge is -2.20. The third kappa shape index (κ3) is 4.13. The average Bonchev–Trinajstić information content (AvgIpc) is 3.17. The predicted octanol–water partition coefficient (Wildman–Crippen LogP) is 4.86. The molecule has 0 bridgehead atoms. The molecule has 7 heteroatoms. The number of benzene rings is 3. The molecule has 4 rings (SSSR count). The van der Waals surface area contributed by atoms with Gasteiger partial charge in [-0.2, -0.15) is 0 Å². The first-order chi connectivity index (χ1) is 14.3. The number of sulfone groups is 1. The number of anilines is 1. The van der Waals surface area contributed by atoms with Crippen LogP contribution < -0.4 is 4.90 Å². The minimum Gasteiger partial charge on any atom is -0.279 e. The Morgan fingerprint density at radius 3 is 2.43 bits per heavy atom. The molecule has 0 aliphatic heterocycles. The van der Waals surface area contributed by atoms with Gasteiger partial charge in [0.25, 0.3) is 5.91 Å². The fraction of sp³-hybridized carbons (Fsp3) is 0.130. The Balaban J connectivity index is 1.80. The van der Waals surface area contributed by atoms with Gasteiger partial charge in [-0.3, -0.25) is 9.69 Å². The van der Waals surface area contributed by atoms with Crippen LogP contribution in [0, 0.1) is 6.92 Å². The summed E-state index contributed by atoms with van der Waals surface area (Å²) >= 11 is 1.45. The molecule has 5 nitrogen and oxygen atoms in total. The molecular weight excluding hydrogens is 416 g/mol. The number of fused-ring (bicyclic) bond motifs is 1. The number of aryl methyl sites for hydroxylation is 1. The summed E-state index contributed by atoms with van der Waals surface area (Å²) in [6, 6.07) is 21.8. The minimum absolute atomic E-state index is 0.119. The number of carbonyl (C=O) groups is 1. The summed E-state index contributed by atoms with van der Waals surface area (Å²) in [4.78, 5) is 20.0. The fourth-order valence-corrected chi connectivity index (χ4v) is 4.91. The highest BCUT2D eigenvalue weighted by molar-refractivity contribution is 7.90. The first-order valence-electron chi connectivity index (χ1n) is 9.35. The maximum Gasteiger partial charge on any atom is 0.260 e. The molecule has 0 saturated carbocycles. The second-order valence-corrected chi connectivity index (χ2v) is 10.1. The van der Waals surface area contributed by atoms with E-state index in [-0.39, 0.29) is 10.8 Å². The molecule has 1 amide bonds. The average molecular weight is 437 g/mol. The van der Waals surface area contributed by atoms with Gasteiger partial charge in [-0.05, 0) is 42.3 Å². The SMILES string of the molecule is Cc1cccc2sc(N(Cc3ccccc3)C(=O)c3cccc(S(C)(=O)=O)c3)nc12. The van der Waals surface area contributed by atoms with Crippen LogP contribution in [0.4, 0.5) is 5.13 Å². The first-order valence-corrected chi connectivity index (χ1v) is 12.1. The molecular formula is C23H20N2O3S2. The number of thiazole rings is 1. The molecule has 152 valence electrons. The van der Waals surface area contributed by atoms with Crippen LogP contribution in [-0.4, -0.2) is 25.6 Å². The minimum atomic E-state index is -3.42. The monoisotopic (exact) mass is 436 g/mol. The zero-order chi connectivity index (χ0) is 21.3. The summed E-state index contributed by atoms with van der Waals surface area (Å²) in [5.74, 6) is -0.291. The third-order valence-corrected chi connectivity index (χ3v) is 6.93. The second kappa shape index (κ2) is 8.01. The van der Waals surface area contributed by atoms with E-state index in [0.717, 1.165) is 27.6 Å². The molecule has 0 aliphatic carbocycles. The van der Waals surface area contributed by atoms with Gasteiger partial charge < -0.3 is 0 Å². The summed E-state index contributed by atoms with van der Waals surface area (Å²) < 4.78 is 24.9. The summed E-state index contributed by atoms with van der Waals surface area (Å²) in [5, 5.41) is 0.581. The number of hydrogen-bond donors (Lipinski definition) is 0. The standard InChI is InChI=1S/C23H20N2O3S2/c1-16-8-6-13-20-21(16)24-23(29-20)25(15-17-9-4-3-5-10-17)22(26)18-11-7-12-19(14-18)30(2,27)28/h3-14H,15H2,1-2H3. The van der Waals surface area contributed by atoms with E-state index in [4.69, 9.17) is 4.98 Å². The molecule has 0 spiro atoms. The quantitative estimate of drug-likeness (QED) is 0.448. The van der Waals surface area contributed by atoms with E-state index < -0.39 is 9.84 Å². The van der Waals surface area contributed by atoms with E-state index in [1.54, 1.807) is 17.0 Å². The van der Waals surface area contributed by atoms with E-state index in [0.29, 0.717) is 17.2 Å². The molecule has 0 fully saturated rings. The predicted molar refractivity (Wildman–Crippen MR) is 121 cm³/mol. The zero-order valence-corrected chi connectivity index (χ0v) is 18.2.